The lowest BCUT2D eigenvalue weighted by Gasteiger charge is -2.11. The van der Waals surface area contributed by atoms with Crippen LogP contribution >= 0.6 is 0 Å². The highest BCUT2D eigenvalue weighted by atomic mass is 16.5. The Hall–Kier alpha value is -2.40. The second kappa shape index (κ2) is 5.49. The van der Waals surface area contributed by atoms with Crippen molar-refractivity contribution in [3.05, 3.63) is 53.7 Å². The van der Waals surface area contributed by atoms with Crippen molar-refractivity contribution in [3.8, 4) is 11.6 Å². The molecule has 2 rings (SSSR count). The Morgan fingerprint density at radius 2 is 2.00 bits per heavy atom. The van der Waals surface area contributed by atoms with Crippen LogP contribution in [0.4, 0.5) is 0 Å². The molecule has 1 amide bonds. The molecule has 1 heterocycles. The molecular weight excluding hydrogens is 244 g/mol. The molecule has 1 atom stereocenters. The van der Waals surface area contributed by atoms with E-state index in [9.17, 15) is 9.90 Å². The van der Waals surface area contributed by atoms with E-state index in [0.29, 0.717) is 22.8 Å². The van der Waals surface area contributed by atoms with Gasteiger partial charge in [-0.1, -0.05) is 0 Å². The number of pyridine rings is 1. The average molecular weight is 258 g/mol. The molecule has 0 radical (unpaired) electrons. The zero-order valence-corrected chi connectivity index (χ0v) is 10.4. The summed E-state index contributed by atoms with van der Waals surface area (Å²) in [6, 6.07) is 9.86. The molecule has 0 aliphatic rings. The van der Waals surface area contributed by atoms with Gasteiger partial charge in [0.2, 0.25) is 11.8 Å². The molecule has 19 heavy (non-hydrogen) atoms. The molecule has 5 nitrogen and oxygen atoms in total. The monoisotopic (exact) mass is 258 g/mol. The molecule has 0 saturated carbocycles. The fourth-order valence-corrected chi connectivity index (χ4v) is 1.61. The van der Waals surface area contributed by atoms with E-state index in [0.717, 1.165) is 0 Å². The van der Waals surface area contributed by atoms with E-state index in [1.165, 1.54) is 0 Å². The Bertz CT molecular complexity index is 579. The third kappa shape index (κ3) is 3.08. The summed E-state index contributed by atoms with van der Waals surface area (Å²) in [4.78, 5) is 15.0. The summed E-state index contributed by atoms with van der Waals surface area (Å²) in [7, 11) is 0. The summed E-state index contributed by atoms with van der Waals surface area (Å²) in [5.74, 6) is 0.365. The lowest BCUT2D eigenvalue weighted by Crippen LogP contribution is -2.10. The Morgan fingerprint density at radius 1 is 1.32 bits per heavy atom. The smallest absolute Gasteiger partial charge is 0.248 e. The molecule has 0 bridgehead atoms. The van der Waals surface area contributed by atoms with Gasteiger partial charge in [0.25, 0.3) is 0 Å². The van der Waals surface area contributed by atoms with Gasteiger partial charge in [-0.15, -0.1) is 0 Å². The van der Waals surface area contributed by atoms with Crippen LogP contribution in [0.1, 0.15) is 28.9 Å². The van der Waals surface area contributed by atoms with Crippen molar-refractivity contribution in [2.24, 2.45) is 5.73 Å². The molecule has 0 aliphatic heterocycles. The Morgan fingerprint density at radius 3 is 2.58 bits per heavy atom. The van der Waals surface area contributed by atoms with E-state index in [4.69, 9.17) is 10.5 Å². The number of hydrogen-bond donors (Lipinski definition) is 2. The van der Waals surface area contributed by atoms with Gasteiger partial charge >= 0.3 is 0 Å². The van der Waals surface area contributed by atoms with Crippen LogP contribution in [0.5, 0.6) is 11.6 Å². The van der Waals surface area contributed by atoms with E-state index < -0.39 is 12.0 Å². The minimum Gasteiger partial charge on any atom is -0.439 e. The molecule has 0 unspecified atom stereocenters. The third-order valence-electron chi connectivity index (χ3n) is 2.60. The van der Waals surface area contributed by atoms with E-state index >= 15 is 0 Å². The molecular formula is C14H14N2O3. The molecule has 3 N–H and O–H groups in total. The second-order valence-corrected chi connectivity index (χ2v) is 4.06. The number of ether oxygens (including phenoxy) is 1. The summed E-state index contributed by atoms with van der Waals surface area (Å²) in [5, 5.41) is 9.62. The summed E-state index contributed by atoms with van der Waals surface area (Å²) in [6.45, 7) is 1.64. The topological polar surface area (TPSA) is 85.4 Å². The van der Waals surface area contributed by atoms with Crippen molar-refractivity contribution < 1.29 is 14.6 Å². The fourth-order valence-electron chi connectivity index (χ4n) is 1.61. The van der Waals surface area contributed by atoms with Crippen molar-refractivity contribution in [3.63, 3.8) is 0 Å². The number of hydrogen-bond acceptors (Lipinski definition) is 4. The summed E-state index contributed by atoms with van der Waals surface area (Å²) < 4.78 is 5.58. The largest absolute Gasteiger partial charge is 0.439 e. The van der Waals surface area contributed by atoms with E-state index in [1.54, 1.807) is 49.5 Å². The number of benzene rings is 1. The van der Waals surface area contributed by atoms with Crippen LogP contribution in [0.15, 0.2) is 42.6 Å². The summed E-state index contributed by atoms with van der Waals surface area (Å²) in [5.41, 5.74) is 6.16. The van der Waals surface area contributed by atoms with Crippen LogP contribution in [-0.2, 0) is 0 Å². The van der Waals surface area contributed by atoms with Crippen LogP contribution in [0.25, 0.3) is 0 Å². The predicted molar refractivity (Wildman–Crippen MR) is 69.9 cm³/mol. The van der Waals surface area contributed by atoms with Gasteiger partial charge in [-0.05, 0) is 43.3 Å². The first-order chi connectivity index (χ1) is 9.08. The van der Waals surface area contributed by atoms with Gasteiger partial charge in [0.1, 0.15) is 5.75 Å². The third-order valence-corrected chi connectivity index (χ3v) is 2.60. The van der Waals surface area contributed by atoms with Gasteiger partial charge in [0, 0.05) is 17.3 Å². The van der Waals surface area contributed by atoms with Crippen LogP contribution in [-0.4, -0.2) is 16.0 Å². The number of aliphatic hydroxyl groups excluding tert-OH is 1. The minimum atomic E-state index is -0.673. The SMILES string of the molecule is C[C@H](O)c1cccnc1Oc1ccc(C(N)=O)cc1. The van der Waals surface area contributed by atoms with Gasteiger partial charge in [0.15, 0.2) is 0 Å². The lowest BCUT2D eigenvalue weighted by atomic mass is 10.2. The fraction of sp³-hybridized carbons (Fsp3) is 0.143. The van der Waals surface area contributed by atoms with Crippen molar-refractivity contribution in [1.82, 2.24) is 4.98 Å². The molecule has 0 fully saturated rings. The summed E-state index contributed by atoms with van der Waals surface area (Å²) >= 11 is 0. The first-order valence-electron chi connectivity index (χ1n) is 5.78. The standard InChI is InChI=1S/C14H14N2O3/c1-9(17)12-3-2-8-16-14(12)19-11-6-4-10(5-7-11)13(15)18/h2-9,17H,1H3,(H2,15,18)/t9-/m0/s1. The number of aromatic nitrogens is 1. The van der Waals surface area contributed by atoms with Crippen LogP contribution in [0, 0.1) is 0 Å². The second-order valence-electron chi connectivity index (χ2n) is 4.06. The maximum atomic E-state index is 10.9. The Kier molecular flexibility index (Phi) is 3.77. The maximum absolute atomic E-state index is 10.9. The molecule has 2 aromatic rings. The first-order valence-corrected chi connectivity index (χ1v) is 5.78. The van der Waals surface area contributed by atoms with Crippen molar-refractivity contribution in [1.29, 1.82) is 0 Å². The number of amides is 1. The Balaban J connectivity index is 2.24. The molecule has 0 aliphatic carbocycles. The number of nitrogens with zero attached hydrogens (tertiary/aromatic N) is 1. The van der Waals surface area contributed by atoms with Crippen molar-refractivity contribution in [2.75, 3.05) is 0 Å². The maximum Gasteiger partial charge on any atom is 0.248 e. The molecule has 5 heteroatoms. The zero-order chi connectivity index (χ0) is 13.8. The minimum absolute atomic E-state index is 0.337. The van der Waals surface area contributed by atoms with Crippen molar-refractivity contribution in [2.45, 2.75) is 13.0 Å². The van der Waals surface area contributed by atoms with Crippen molar-refractivity contribution >= 4 is 5.91 Å². The molecule has 0 saturated heterocycles. The number of rotatable bonds is 4. The van der Waals surface area contributed by atoms with Gasteiger partial charge in [-0.3, -0.25) is 4.79 Å². The van der Waals surface area contributed by atoms with Gasteiger partial charge < -0.3 is 15.6 Å². The van der Waals surface area contributed by atoms with Gasteiger partial charge in [-0.2, -0.15) is 0 Å². The van der Waals surface area contributed by atoms with Crippen LogP contribution in [0.3, 0.4) is 0 Å². The van der Waals surface area contributed by atoms with E-state index in [2.05, 4.69) is 4.98 Å². The van der Waals surface area contributed by atoms with E-state index in [1.807, 2.05) is 0 Å². The normalized spacial score (nSPS) is 11.9. The zero-order valence-electron chi connectivity index (χ0n) is 10.4. The van der Waals surface area contributed by atoms with E-state index in [-0.39, 0.29) is 0 Å². The predicted octanol–water partition coefficient (Wildman–Crippen LogP) is 2.03. The highest BCUT2D eigenvalue weighted by Crippen LogP contribution is 2.27. The summed E-state index contributed by atoms with van der Waals surface area (Å²) in [6.07, 6.45) is 0.910. The highest BCUT2D eigenvalue weighted by Gasteiger charge is 2.10. The average Bonchev–Trinajstić information content (AvgIpc) is 2.39. The quantitative estimate of drug-likeness (QED) is 0.878. The number of carbonyl (C=O) groups is 1. The van der Waals surface area contributed by atoms with Gasteiger partial charge in [0.05, 0.1) is 6.10 Å². The lowest BCUT2D eigenvalue weighted by molar-refractivity contribution is 0.100. The number of primary amides is 1. The molecule has 98 valence electrons. The molecule has 1 aromatic carbocycles. The molecule has 1 aromatic heterocycles. The number of nitrogens with two attached hydrogens (primary N) is 1. The number of carbonyl (C=O) groups excluding carboxylic acids is 1. The van der Waals surface area contributed by atoms with Crippen LogP contribution in [0.2, 0.25) is 0 Å². The first kappa shape index (κ1) is 13.0. The highest BCUT2D eigenvalue weighted by molar-refractivity contribution is 5.92. The Labute approximate surface area is 110 Å². The molecule has 0 spiro atoms. The van der Waals surface area contributed by atoms with Crippen LogP contribution < -0.4 is 10.5 Å². The number of aliphatic hydroxyl groups is 1. The van der Waals surface area contributed by atoms with Gasteiger partial charge in [-0.25, -0.2) is 4.98 Å².